The van der Waals surface area contributed by atoms with Crippen molar-refractivity contribution < 1.29 is 85.3 Å². The molecule has 0 bridgehead atoms. The third-order valence-electron chi connectivity index (χ3n) is 7.51. The van der Waals surface area contributed by atoms with Gasteiger partial charge < -0.3 is 69.0 Å². The number of nitrogens with one attached hydrogen (secondary N) is 2. The minimum atomic E-state index is -5.93. The number of hydrogen-bond acceptors (Lipinski definition) is 23. The lowest BCUT2D eigenvalue weighted by atomic mass is 9.87. The first-order valence-electron chi connectivity index (χ1n) is 16.5. The molecule has 1 saturated heterocycles. The molecule has 57 heavy (non-hydrogen) atoms. The number of aromatic nitrogens is 4. The molecule has 320 valence electrons. The lowest BCUT2D eigenvalue weighted by Gasteiger charge is -2.36. The average molecular weight is 888 g/mol. The summed E-state index contributed by atoms with van der Waals surface area (Å²) in [6, 6.07) is 0. The number of thioether (sulfide) groups is 1. The summed E-state index contributed by atoms with van der Waals surface area (Å²) in [6.45, 7) is 3.31. The number of amides is 2. The van der Waals surface area contributed by atoms with Crippen molar-refractivity contribution in [3.8, 4) is 0 Å². The van der Waals surface area contributed by atoms with E-state index in [2.05, 4.69) is 43.5 Å². The Morgan fingerprint density at radius 2 is 1.74 bits per heavy atom. The number of imidazole rings is 1. The van der Waals surface area contributed by atoms with E-state index >= 15 is 0 Å². The molecule has 0 aliphatic carbocycles. The molecule has 2 unspecified atom stereocenters. The van der Waals surface area contributed by atoms with E-state index in [4.69, 9.17) is 10.5 Å². The van der Waals surface area contributed by atoms with Gasteiger partial charge in [0.2, 0.25) is 11.8 Å². The molecule has 2 amide bonds. The number of anilines is 1. The maximum atomic E-state index is 12.5. The Morgan fingerprint density at radius 1 is 1.07 bits per heavy atom. The molecule has 0 spiro atoms. The molecule has 3 heterocycles. The van der Waals surface area contributed by atoms with Crippen LogP contribution in [0.3, 0.4) is 0 Å². The third kappa shape index (κ3) is 15.3. The van der Waals surface area contributed by atoms with Gasteiger partial charge in [0.15, 0.2) is 28.6 Å². The number of phosphoric ester groups is 3. The zero-order chi connectivity index (χ0) is 42.9. The van der Waals surface area contributed by atoms with Crippen LogP contribution in [0.2, 0.25) is 0 Å². The first kappa shape index (κ1) is 48.3. The number of nitrogens with two attached hydrogens (primary N) is 1. The maximum Gasteiger partial charge on any atom is 0.274 e. The fourth-order valence-electron chi connectivity index (χ4n) is 4.84. The SMILES string of the molecule is CC(C)=CC(=O)CC(=O)SCCNC(=O)CCNC(=O)[C@H](O)C(C)(C)COP(=O)([O-])OP(=O)([O-])OC[C@H]1O[C@@H](n2cnc3c(N)ncnc32)[C@H](O)[C@@H]1OP(=O)([O-])[O-]. The second-order valence-electron chi connectivity index (χ2n) is 13.1. The van der Waals surface area contributed by atoms with E-state index in [1.165, 1.54) is 19.9 Å². The molecule has 25 nitrogen and oxygen atoms in total. The molecule has 0 saturated carbocycles. The Morgan fingerprint density at radius 3 is 2.39 bits per heavy atom. The van der Waals surface area contributed by atoms with E-state index in [1.54, 1.807) is 13.8 Å². The van der Waals surface area contributed by atoms with Gasteiger partial charge in [-0.1, -0.05) is 31.2 Å². The van der Waals surface area contributed by atoms with Crippen LogP contribution in [0.4, 0.5) is 5.82 Å². The molecule has 3 rings (SSSR count). The summed E-state index contributed by atoms with van der Waals surface area (Å²) in [5, 5.41) is 25.7. The van der Waals surface area contributed by atoms with Crippen molar-refractivity contribution in [3.63, 3.8) is 0 Å². The van der Waals surface area contributed by atoms with Gasteiger partial charge in [-0.25, -0.2) is 19.3 Å². The number of allylic oxidation sites excluding steroid dienone is 2. The van der Waals surface area contributed by atoms with Crippen LogP contribution < -0.4 is 35.9 Å². The molecule has 0 radical (unpaired) electrons. The minimum Gasteiger partial charge on any atom is -0.790 e. The lowest BCUT2D eigenvalue weighted by Crippen LogP contribution is -2.46. The average Bonchev–Trinajstić information content (AvgIpc) is 3.64. The van der Waals surface area contributed by atoms with Gasteiger partial charge in [-0.15, -0.1) is 0 Å². The number of aliphatic hydroxyl groups is 2. The number of phosphoric acid groups is 3. The zero-order valence-corrected chi connectivity index (χ0v) is 34.1. The highest BCUT2D eigenvalue weighted by molar-refractivity contribution is 8.13. The van der Waals surface area contributed by atoms with E-state index in [0.29, 0.717) is 0 Å². The molecule has 1 fully saturated rings. The summed E-state index contributed by atoms with van der Waals surface area (Å²) in [6.07, 6.45) is -6.64. The van der Waals surface area contributed by atoms with Crippen LogP contribution >= 0.6 is 35.2 Å². The molecular formula is C28H40N7O18P3S-4. The van der Waals surface area contributed by atoms with Crippen molar-refractivity contribution >= 4 is 74.9 Å². The molecule has 1 aliphatic heterocycles. The van der Waals surface area contributed by atoms with E-state index in [1.807, 2.05) is 0 Å². The molecule has 2 aromatic heterocycles. The number of carbonyl (C=O) groups is 4. The fourth-order valence-corrected chi connectivity index (χ4v) is 8.25. The van der Waals surface area contributed by atoms with Gasteiger partial charge in [0.25, 0.3) is 15.6 Å². The van der Waals surface area contributed by atoms with Gasteiger partial charge in [0, 0.05) is 30.7 Å². The number of ketones is 1. The van der Waals surface area contributed by atoms with Gasteiger partial charge in [0.1, 0.15) is 36.3 Å². The second-order valence-corrected chi connectivity index (χ2v) is 18.3. The van der Waals surface area contributed by atoms with E-state index < -0.39 is 84.6 Å². The smallest absolute Gasteiger partial charge is 0.274 e. The summed E-state index contributed by atoms with van der Waals surface area (Å²) < 4.78 is 60.4. The van der Waals surface area contributed by atoms with Crippen LogP contribution in [-0.4, -0.2) is 109 Å². The van der Waals surface area contributed by atoms with Gasteiger partial charge in [-0.05, 0) is 19.9 Å². The summed E-state index contributed by atoms with van der Waals surface area (Å²) in [7, 11) is -17.6. The zero-order valence-electron chi connectivity index (χ0n) is 30.6. The number of carbonyl (C=O) groups excluding carboxylic acids is 4. The van der Waals surface area contributed by atoms with Crippen LogP contribution in [-0.2, 0) is 55.5 Å². The number of aliphatic hydroxyl groups excluding tert-OH is 2. The molecule has 2 aromatic rings. The fraction of sp³-hybridized carbons (Fsp3) is 0.607. The first-order chi connectivity index (χ1) is 26.3. The number of nitrogens with zero attached hydrogens (tertiary/aromatic N) is 4. The maximum absolute atomic E-state index is 12.5. The summed E-state index contributed by atoms with van der Waals surface area (Å²) in [5.41, 5.74) is 4.78. The van der Waals surface area contributed by atoms with Gasteiger partial charge in [-0.3, -0.25) is 32.9 Å². The van der Waals surface area contributed by atoms with Crippen LogP contribution in [0.15, 0.2) is 24.3 Å². The van der Waals surface area contributed by atoms with Crippen molar-refractivity contribution in [2.75, 3.05) is 37.8 Å². The Kier molecular flexibility index (Phi) is 17.2. The number of ether oxygens (including phenoxy) is 1. The van der Waals surface area contributed by atoms with E-state index in [0.717, 1.165) is 34.6 Å². The van der Waals surface area contributed by atoms with Gasteiger partial charge >= 0.3 is 0 Å². The predicted molar refractivity (Wildman–Crippen MR) is 187 cm³/mol. The quantitative estimate of drug-likeness (QED) is 0.0342. The minimum absolute atomic E-state index is 0.0286. The summed E-state index contributed by atoms with van der Waals surface area (Å²) in [4.78, 5) is 107. The number of fused-ring (bicyclic) bond motifs is 1. The van der Waals surface area contributed by atoms with E-state index in [9.17, 15) is 62.7 Å². The topological polar surface area (TPSA) is 392 Å². The van der Waals surface area contributed by atoms with Crippen molar-refractivity contribution in [1.29, 1.82) is 0 Å². The second kappa shape index (κ2) is 20.3. The molecule has 6 N–H and O–H groups in total. The van der Waals surface area contributed by atoms with Crippen LogP contribution in [0.25, 0.3) is 11.2 Å². The van der Waals surface area contributed by atoms with Crippen LogP contribution in [0.5, 0.6) is 0 Å². The Hall–Kier alpha value is -3.03. The Labute approximate surface area is 328 Å². The monoisotopic (exact) mass is 887 g/mol. The largest absolute Gasteiger partial charge is 0.790 e. The molecule has 7 atom stereocenters. The van der Waals surface area contributed by atoms with E-state index in [-0.39, 0.29) is 59.6 Å². The van der Waals surface area contributed by atoms with Gasteiger partial charge in [0.05, 0.1) is 33.8 Å². The molecule has 1 aliphatic rings. The standard InChI is InChI=1S/C28H44N7O18P3S/c1-15(2)9-16(36)10-19(38)57-8-7-30-18(37)5-6-31-26(41)23(40)28(3,4)12-50-56(47,48)53-55(45,46)49-11-17-22(52-54(42,43)44)21(39)27(51-17)35-14-34-20-24(29)32-13-33-25(20)35/h9,13-14,17,21-23,27,39-40H,5-8,10-12H2,1-4H3,(H,30,37)(H,31,41)(H,45,46)(H,47,48)(H2,29,32,33)(H2,42,43,44)/p-4/t17-,21-,22-,23+,27-/m1/s1. The summed E-state index contributed by atoms with van der Waals surface area (Å²) >= 11 is 0.864. The van der Waals surface area contributed by atoms with Crippen LogP contribution in [0.1, 0.15) is 46.8 Å². The van der Waals surface area contributed by atoms with Gasteiger partial charge in [-0.2, -0.15) is 0 Å². The molecular weight excluding hydrogens is 847 g/mol. The Balaban J connectivity index is 1.47. The van der Waals surface area contributed by atoms with Crippen molar-refractivity contribution in [3.05, 3.63) is 24.3 Å². The number of rotatable bonds is 22. The normalized spacial score (nSPS) is 21.3. The first-order valence-corrected chi connectivity index (χ1v) is 21.8. The Bertz CT molecular complexity index is 1960. The molecule has 0 aromatic carbocycles. The summed E-state index contributed by atoms with van der Waals surface area (Å²) in [5.74, 6) is -1.79. The highest BCUT2D eigenvalue weighted by Crippen LogP contribution is 2.56. The van der Waals surface area contributed by atoms with Crippen molar-refractivity contribution in [2.45, 2.75) is 71.2 Å². The third-order valence-corrected chi connectivity index (χ3v) is 11.4. The number of nitrogen functional groups attached to an aromatic ring is 1. The van der Waals surface area contributed by atoms with Crippen LogP contribution in [0, 0.1) is 5.41 Å². The molecule has 29 heteroatoms. The van der Waals surface area contributed by atoms with Crippen molar-refractivity contribution in [1.82, 2.24) is 30.2 Å². The number of hydrogen-bond donors (Lipinski definition) is 5. The highest BCUT2D eigenvalue weighted by Gasteiger charge is 2.47. The lowest BCUT2D eigenvalue weighted by molar-refractivity contribution is -0.347. The highest BCUT2D eigenvalue weighted by atomic mass is 32.2. The van der Waals surface area contributed by atoms with Crippen molar-refractivity contribution in [2.24, 2.45) is 5.41 Å². The predicted octanol–water partition coefficient (Wildman–Crippen LogP) is -2.94.